The third-order valence-electron chi connectivity index (χ3n) is 5.85. The maximum Gasteiger partial charge on any atom is 0.254 e. The normalized spacial score (nSPS) is 11.1. The molecule has 5 nitrogen and oxygen atoms in total. The SMILES string of the molecule is Cc1cccc(C(=O)N(CC(=O)N(Cc2cccn2Cc2ccccc2)C(C)C)C(C)C)c1. The second-order valence-electron chi connectivity index (χ2n) is 9.12. The molecule has 0 atom stereocenters. The summed E-state index contributed by atoms with van der Waals surface area (Å²) >= 11 is 0. The highest BCUT2D eigenvalue weighted by Gasteiger charge is 2.26. The van der Waals surface area contributed by atoms with E-state index in [1.165, 1.54) is 5.56 Å². The van der Waals surface area contributed by atoms with Gasteiger partial charge in [0.15, 0.2) is 0 Å². The summed E-state index contributed by atoms with van der Waals surface area (Å²) in [5, 5.41) is 0. The Balaban J connectivity index is 1.76. The largest absolute Gasteiger partial charge is 0.345 e. The Morgan fingerprint density at radius 2 is 1.55 bits per heavy atom. The van der Waals surface area contributed by atoms with Gasteiger partial charge in [0, 0.05) is 36.1 Å². The Hall–Kier alpha value is -3.34. The number of amides is 2. The molecule has 33 heavy (non-hydrogen) atoms. The van der Waals surface area contributed by atoms with E-state index in [0.29, 0.717) is 12.1 Å². The molecule has 1 aromatic heterocycles. The van der Waals surface area contributed by atoms with Gasteiger partial charge in [-0.25, -0.2) is 0 Å². The summed E-state index contributed by atoms with van der Waals surface area (Å²) in [4.78, 5) is 30.1. The lowest BCUT2D eigenvalue weighted by Gasteiger charge is -2.32. The Kier molecular flexibility index (Phi) is 8.10. The summed E-state index contributed by atoms with van der Waals surface area (Å²) in [6.07, 6.45) is 2.05. The zero-order chi connectivity index (χ0) is 24.0. The van der Waals surface area contributed by atoms with E-state index in [4.69, 9.17) is 0 Å². The van der Waals surface area contributed by atoms with E-state index >= 15 is 0 Å². The lowest BCUT2D eigenvalue weighted by molar-refractivity contribution is -0.134. The number of carbonyl (C=O) groups excluding carboxylic acids is 2. The lowest BCUT2D eigenvalue weighted by atomic mass is 10.1. The third-order valence-corrected chi connectivity index (χ3v) is 5.85. The molecule has 0 N–H and O–H groups in total. The second-order valence-corrected chi connectivity index (χ2v) is 9.12. The summed E-state index contributed by atoms with van der Waals surface area (Å²) in [7, 11) is 0. The summed E-state index contributed by atoms with van der Waals surface area (Å²) < 4.78 is 2.18. The van der Waals surface area contributed by atoms with Crippen molar-refractivity contribution in [3.05, 3.63) is 95.3 Å². The minimum absolute atomic E-state index is 0.0145. The van der Waals surface area contributed by atoms with Gasteiger partial charge in [-0.15, -0.1) is 0 Å². The average molecular weight is 446 g/mol. The molecule has 0 aliphatic rings. The topological polar surface area (TPSA) is 45.6 Å². The van der Waals surface area contributed by atoms with Crippen molar-refractivity contribution in [1.82, 2.24) is 14.4 Å². The minimum atomic E-state index is -0.113. The van der Waals surface area contributed by atoms with E-state index < -0.39 is 0 Å². The monoisotopic (exact) mass is 445 g/mol. The van der Waals surface area contributed by atoms with Crippen LogP contribution in [0.5, 0.6) is 0 Å². The van der Waals surface area contributed by atoms with Gasteiger partial charge in [-0.05, 0) is 64.4 Å². The van der Waals surface area contributed by atoms with Crippen LogP contribution in [0.25, 0.3) is 0 Å². The van der Waals surface area contributed by atoms with Crippen LogP contribution in [0.1, 0.15) is 54.9 Å². The van der Waals surface area contributed by atoms with Gasteiger partial charge in [0.05, 0.1) is 6.54 Å². The lowest BCUT2D eigenvalue weighted by Crippen LogP contribution is -2.47. The number of hydrogen-bond donors (Lipinski definition) is 0. The van der Waals surface area contributed by atoms with Crippen molar-refractivity contribution < 1.29 is 9.59 Å². The van der Waals surface area contributed by atoms with Gasteiger partial charge in [0.25, 0.3) is 5.91 Å². The Labute approximate surface area is 197 Å². The average Bonchev–Trinajstić information content (AvgIpc) is 3.22. The van der Waals surface area contributed by atoms with E-state index in [0.717, 1.165) is 17.8 Å². The van der Waals surface area contributed by atoms with Gasteiger partial charge in [0.1, 0.15) is 6.54 Å². The smallest absolute Gasteiger partial charge is 0.254 e. The molecule has 0 saturated heterocycles. The molecule has 0 aliphatic carbocycles. The first-order valence-electron chi connectivity index (χ1n) is 11.6. The Bertz CT molecular complexity index is 1070. The van der Waals surface area contributed by atoms with Crippen molar-refractivity contribution in [3.8, 4) is 0 Å². The first-order chi connectivity index (χ1) is 15.8. The van der Waals surface area contributed by atoms with E-state index in [2.05, 4.69) is 22.8 Å². The molecule has 1 heterocycles. The molecule has 2 amide bonds. The molecule has 0 aliphatic heterocycles. The van der Waals surface area contributed by atoms with Crippen LogP contribution in [0, 0.1) is 6.92 Å². The number of aryl methyl sites for hydroxylation is 1. The van der Waals surface area contributed by atoms with Gasteiger partial charge in [0.2, 0.25) is 5.91 Å². The molecule has 0 saturated carbocycles. The molecule has 0 bridgehead atoms. The zero-order valence-electron chi connectivity index (χ0n) is 20.4. The second kappa shape index (κ2) is 11.0. The van der Waals surface area contributed by atoms with E-state index in [-0.39, 0.29) is 30.4 Å². The highest BCUT2D eigenvalue weighted by molar-refractivity contribution is 5.96. The van der Waals surface area contributed by atoms with Gasteiger partial charge < -0.3 is 14.4 Å². The van der Waals surface area contributed by atoms with Crippen LogP contribution in [0.2, 0.25) is 0 Å². The number of nitrogens with zero attached hydrogens (tertiary/aromatic N) is 3. The predicted octanol–water partition coefficient (Wildman–Crippen LogP) is 5.13. The fourth-order valence-electron chi connectivity index (χ4n) is 3.93. The summed E-state index contributed by atoms with van der Waals surface area (Å²) in [5.74, 6) is -0.162. The highest BCUT2D eigenvalue weighted by Crippen LogP contribution is 2.15. The molecule has 0 spiro atoms. The van der Waals surface area contributed by atoms with Crippen molar-refractivity contribution in [3.63, 3.8) is 0 Å². The third kappa shape index (κ3) is 6.35. The van der Waals surface area contributed by atoms with Crippen molar-refractivity contribution >= 4 is 11.8 Å². The fourth-order valence-corrected chi connectivity index (χ4v) is 3.93. The number of aromatic nitrogens is 1. The molecule has 0 fully saturated rings. The first kappa shape index (κ1) is 24.3. The van der Waals surface area contributed by atoms with Crippen molar-refractivity contribution in [1.29, 1.82) is 0 Å². The fraction of sp³-hybridized carbons (Fsp3) is 0.357. The molecular weight excluding hydrogens is 410 g/mol. The van der Waals surface area contributed by atoms with E-state index in [1.807, 2.05) is 94.2 Å². The van der Waals surface area contributed by atoms with Crippen LogP contribution >= 0.6 is 0 Å². The molecule has 0 radical (unpaired) electrons. The number of hydrogen-bond acceptors (Lipinski definition) is 2. The van der Waals surface area contributed by atoms with Crippen molar-refractivity contribution in [2.45, 2.75) is 59.8 Å². The zero-order valence-corrected chi connectivity index (χ0v) is 20.4. The van der Waals surface area contributed by atoms with Crippen LogP contribution in [0.15, 0.2) is 72.9 Å². The number of rotatable bonds is 9. The Morgan fingerprint density at radius 1 is 0.848 bits per heavy atom. The van der Waals surface area contributed by atoms with Crippen molar-refractivity contribution in [2.75, 3.05) is 6.54 Å². The van der Waals surface area contributed by atoms with E-state index in [1.54, 1.807) is 4.90 Å². The van der Waals surface area contributed by atoms with Crippen LogP contribution in [-0.4, -0.2) is 44.8 Å². The van der Waals surface area contributed by atoms with Gasteiger partial charge in [-0.1, -0.05) is 48.0 Å². The molecule has 174 valence electrons. The molecule has 3 aromatic rings. The van der Waals surface area contributed by atoms with Crippen LogP contribution in [-0.2, 0) is 17.9 Å². The summed E-state index contributed by atoms with van der Waals surface area (Å²) in [6, 6.07) is 21.8. The molecule has 3 rings (SSSR count). The van der Waals surface area contributed by atoms with Crippen LogP contribution in [0.3, 0.4) is 0 Å². The number of benzene rings is 2. The molecule has 2 aromatic carbocycles. The minimum Gasteiger partial charge on any atom is -0.345 e. The summed E-state index contributed by atoms with van der Waals surface area (Å²) in [5.41, 5.74) is 3.93. The van der Waals surface area contributed by atoms with Crippen molar-refractivity contribution in [2.24, 2.45) is 0 Å². The van der Waals surface area contributed by atoms with Gasteiger partial charge in [-0.2, -0.15) is 0 Å². The predicted molar refractivity (Wildman–Crippen MR) is 133 cm³/mol. The first-order valence-corrected chi connectivity index (χ1v) is 11.6. The van der Waals surface area contributed by atoms with Crippen LogP contribution in [0.4, 0.5) is 0 Å². The van der Waals surface area contributed by atoms with Crippen LogP contribution < -0.4 is 0 Å². The summed E-state index contributed by atoms with van der Waals surface area (Å²) in [6.45, 7) is 11.2. The maximum absolute atomic E-state index is 13.4. The van der Waals surface area contributed by atoms with Gasteiger partial charge >= 0.3 is 0 Å². The number of carbonyl (C=O) groups is 2. The maximum atomic E-state index is 13.4. The molecule has 5 heteroatoms. The quantitative estimate of drug-likeness (QED) is 0.458. The van der Waals surface area contributed by atoms with E-state index in [9.17, 15) is 9.59 Å². The van der Waals surface area contributed by atoms with Gasteiger partial charge in [-0.3, -0.25) is 9.59 Å². The molecule has 0 unspecified atom stereocenters. The molecular formula is C28H35N3O2. The standard InChI is InChI=1S/C28H35N3O2/c1-21(2)30(19-26-15-10-16-29(26)18-24-12-7-6-8-13-24)27(32)20-31(22(3)4)28(33)25-14-9-11-23(5)17-25/h6-17,21-22H,18-20H2,1-5H3. The Morgan fingerprint density at radius 3 is 2.18 bits per heavy atom. The highest BCUT2D eigenvalue weighted by atomic mass is 16.2.